The SMILES string of the molecule is CCC[C@H]1N(C)c2ccc([N+](=O)[O-])cc2C[C@@]12C(=O)NC(=O)N(C)C2=O. The lowest BCUT2D eigenvalue weighted by atomic mass is 9.67. The van der Waals surface area contributed by atoms with E-state index in [0.717, 1.165) is 17.0 Å². The van der Waals surface area contributed by atoms with Crippen LogP contribution in [0.3, 0.4) is 0 Å². The summed E-state index contributed by atoms with van der Waals surface area (Å²) in [6.07, 6.45) is 1.31. The minimum absolute atomic E-state index is 0.0152. The second-order valence-corrected chi connectivity index (χ2v) is 6.76. The lowest BCUT2D eigenvalue weighted by Gasteiger charge is -2.50. The Hall–Kier alpha value is -2.97. The van der Waals surface area contributed by atoms with Gasteiger partial charge in [0.15, 0.2) is 5.41 Å². The Labute approximate surface area is 150 Å². The van der Waals surface area contributed by atoms with Crippen molar-refractivity contribution in [2.45, 2.75) is 32.2 Å². The number of barbiturate groups is 1. The van der Waals surface area contributed by atoms with Crippen LogP contribution in [0.15, 0.2) is 18.2 Å². The molecule has 2 atom stereocenters. The third-order valence-corrected chi connectivity index (χ3v) is 5.34. The zero-order valence-electron chi connectivity index (χ0n) is 14.8. The van der Waals surface area contributed by atoms with E-state index in [9.17, 15) is 24.5 Å². The van der Waals surface area contributed by atoms with Crippen LogP contribution in [0.1, 0.15) is 25.3 Å². The molecule has 1 spiro atoms. The van der Waals surface area contributed by atoms with Crippen LogP contribution in [-0.2, 0) is 16.0 Å². The number of nitro benzene ring substituents is 1. The second kappa shape index (κ2) is 6.08. The van der Waals surface area contributed by atoms with Crippen LogP contribution >= 0.6 is 0 Å². The first-order chi connectivity index (χ1) is 12.2. The fourth-order valence-corrected chi connectivity index (χ4v) is 4.03. The van der Waals surface area contributed by atoms with E-state index in [1.165, 1.54) is 19.2 Å². The normalized spacial score (nSPS) is 25.3. The minimum atomic E-state index is -1.49. The Balaban J connectivity index is 2.19. The highest BCUT2D eigenvalue weighted by molar-refractivity contribution is 6.20. The van der Waals surface area contributed by atoms with Gasteiger partial charge in [0.1, 0.15) is 0 Å². The summed E-state index contributed by atoms with van der Waals surface area (Å²) in [6, 6.07) is 3.24. The van der Waals surface area contributed by atoms with Gasteiger partial charge in [0, 0.05) is 38.3 Å². The van der Waals surface area contributed by atoms with Gasteiger partial charge in [0.2, 0.25) is 11.8 Å². The molecule has 1 fully saturated rings. The topological polar surface area (TPSA) is 113 Å². The number of nitrogens with one attached hydrogen (secondary N) is 1. The summed E-state index contributed by atoms with van der Waals surface area (Å²) in [6.45, 7) is 1.95. The maximum Gasteiger partial charge on any atom is 0.330 e. The summed E-state index contributed by atoms with van der Waals surface area (Å²) in [5.41, 5.74) is -0.301. The summed E-state index contributed by atoms with van der Waals surface area (Å²) in [5.74, 6) is -1.22. The number of urea groups is 1. The number of amides is 4. The molecule has 1 aromatic rings. The largest absolute Gasteiger partial charge is 0.370 e. The monoisotopic (exact) mass is 360 g/mol. The van der Waals surface area contributed by atoms with E-state index in [-0.39, 0.29) is 12.1 Å². The van der Waals surface area contributed by atoms with Gasteiger partial charge in [-0.3, -0.25) is 29.9 Å². The van der Waals surface area contributed by atoms with Crippen LogP contribution in [0.5, 0.6) is 0 Å². The first-order valence-electron chi connectivity index (χ1n) is 8.37. The van der Waals surface area contributed by atoms with Gasteiger partial charge in [0.05, 0.1) is 11.0 Å². The summed E-state index contributed by atoms with van der Waals surface area (Å²) in [4.78, 5) is 51.1. The van der Waals surface area contributed by atoms with E-state index < -0.39 is 34.2 Å². The summed E-state index contributed by atoms with van der Waals surface area (Å²) < 4.78 is 0. The number of fused-ring (bicyclic) bond motifs is 1. The molecule has 9 nitrogen and oxygen atoms in total. The Bertz CT molecular complexity index is 823. The van der Waals surface area contributed by atoms with Crippen LogP contribution in [0.2, 0.25) is 0 Å². The number of non-ortho nitro benzene ring substituents is 1. The molecular weight excluding hydrogens is 340 g/mol. The minimum Gasteiger partial charge on any atom is -0.370 e. The molecule has 0 saturated carbocycles. The Kier molecular flexibility index (Phi) is 4.17. The van der Waals surface area contributed by atoms with Crippen molar-refractivity contribution >= 4 is 29.2 Å². The quantitative estimate of drug-likeness (QED) is 0.496. The second-order valence-electron chi connectivity index (χ2n) is 6.76. The molecule has 2 heterocycles. The van der Waals surface area contributed by atoms with Gasteiger partial charge >= 0.3 is 6.03 Å². The van der Waals surface area contributed by atoms with Crippen molar-refractivity contribution in [2.24, 2.45) is 5.41 Å². The van der Waals surface area contributed by atoms with Gasteiger partial charge in [0.25, 0.3) is 5.69 Å². The van der Waals surface area contributed by atoms with Crippen LogP contribution in [0.4, 0.5) is 16.2 Å². The summed E-state index contributed by atoms with van der Waals surface area (Å²) in [5, 5.41) is 13.4. The van der Waals surface area contributed by atoms with Crippen molar-refractivity contribution in [1.29, 1.82) is 0 Å². The molecule has 138 valence electrons. The average Bonchev–Trinajstić information content (AvgIpc) is 2.60. The van der Waals surface area contributed by atoms with Gasteiger partial charge in [-0.15, -0.1) is 0 Å². The fraction of sp³-hybridized carbons (Fsp3) is 0.471. The van der Waals surface area contributed by atoms with E-state index in [1.807, 2.05) is 11.8 Å². The predicted molar refractivity (Wildman–Crippen MR) is 92.6 cm³/mol. The van der Waals surface area contributed by atoms with Gasteiger partial charge in [-0.25, -0.2) is 4.79 Å². The van der Waals surface area contributed by atoms with Gasteiger partial charge in [-0.1, -0.05) is 13.3 Å². The number of carbonyl (C=O) groups excluding carboxylic acids is 3. The summed E-state index contributed by atoms with van der Waals surface area (Å²) >= 11 is 0. The van der Waals surface area contributed by atoms with Gasteiger partial charge in [-0.2, -0.15) is 0 Å². The average molecular weight is 360 g/mol. The Morgan fingerprint density at radius 3 is 2.62 bits per heavy atom. The molecule has 0 aromatic heterocycles. The number of benzene rings is 1. The maximum absolute atomic E-state index is 13.1. The van der Waals surface area contributed by atoms with E-state index in [4.69, 9.17) is 0 Å². The number of rotatable bonds is 3. The highest BCUT2D eigenvalue weighted by Crippen LogP contribution is 2.45. The molecule has 0 bridgehead atoms. The van der Waals surface area contributed by atoms with Crippen molar-refractivity contribution in [2.75, 3.05) is 19.0 Å². The molecule has 1 aromatic carbocycles. The molecule has 4 amide bonds. The van der Waals surface area contributed by atoms with Crippen LogP contribution in [0, 0.1) is 15.5 Å². The van der Waals surface area contributed by atoms with E-state index in [2.05, 4.69) is 5.32 Å². The van der Waals surface area contributed by atoms with Crippen molar-refractivity contribution in [3.8, 4) is 0 Å². The smallest absolute Gasteiger partial charge is 0.330 e. The van der Waals surface area contributed by atoms with E-state index >= 15 is 0 Å². The van der Waals surface area contributed by atoms with Crippen molar-refractivity contribution in [3.63, 3.8) is 0 Å². The molecule has 0 unspecified atom stereocenters. The van der Waals surface area contributed by atoms with Crippen LogP contribution < -0.4 is 10.2 Å². The molecule has 0 radical (unpaired) electrons. The molecule has 3 rings (SSSR count). The molecular formula is C17H20N4O5. The van der Waals surface area contributed by atoms with Gasteiger partial charge < -0.3 is 4.90 Å². The molecule has 0 aliphatic carbocycles. The zero-order chi connectivity index (χ0) is 19.2. The number of nitrogens with zero attached hydrogens (tertiary/aromatic N) is 3. The fourth-order valence-electron chi connectivity index (χ4n) is 4.03. The number of nitro groups is 1. The lowest BCUT2D eigenvalue weighted by molar-refractivity contribution is -0.384. The van der Waals surface area contributed by atoms with Crippen molar-refractivity contribution in [3.05, 3.63) is 33.9 Å². The zero-order valence-corrected chi connectivity index (χ0v) is 14.8. The number of anilines is 1. The maximum atomic E-state index is 13.1. The first-order valence-corrected chi connectivity index (χ1v) is 8.37. The van der Waals surface area contributed by atoms with E-state index in [0.29, 0.717) is 12.0 Å². The number of imide groups is 2. The van der Waals surface area contributed by atoms with Crippen molar-refractivity contribution in [1.82, 2.24) is 10.2 Å². The number of carbonyl (C=O) groups is 3. The molecule has 2 aliphatic rings. The first kappa shape index (κ1) is 17.8. The van der Waals surface area contributed by atoms with Crippen molar-refractivity contribution < 1.29 is 19.3 Å². The van der Waals surface area contributed by atoms with Gasteiger partial charge in [-0.05, 0) is 18.1 Å². The number of hydrogen-bond donors (Lipinski definition) is 1. The third kappa shape index (κ3) is 2.34. The summed E-state index contributed by atoms with van der Waals surface area (Å²) in [7, 11) is 3.10. The standard InChI is InChI=1S/C17H20N4O5/c1-4-5-13-17(14(22)18-16(24)20(3)15(17)23)9-10-8-11(21(25)26)6-7-12(10)19(13)2/h6-8,13H,4-5,9H2,1-3H3,(H,18,22,24)/t13-,17+/m1/s1. The lowest BCUT2D eigenvalue weighted by Crippen LogP contribution is -2.71. The molecule has 26 heavy (non-hydrogen) atoms. The highest BCUT2D eigenvalue weighted by Gasteiger charge is 2.60. The van der Waals surface area contributed by atoms with Crippen LogP contribution in [-0.4, -0.2) is 47.8 Å². The highest BCUT2D eigenvalue weighted by atomic mass is 16.6. The molecule has 9 heteroatoms. The van der Waals surface area contributed by atoms with Crippen LogP contribution in [0.25, 0.3) is 0 Å². The predicted octanol–water partition coefficient (Wildman–Crippen LogP) is 1.45. The van der Waals surface area contributed by atoms with E-state index in [1.54, 1.807) is 13.1 Å². The molecule has 1 saturated heterocycles. The Morgan fingerprint density at radius 1 is 1.31 bits per heavy atom. The molecule has 2 aliphatic heterocycles. The Morgan fingerprint density at radius 2 is 2.00 bits per heavy atom. The molecule has 1 N–H and O–H groups in total. The number of hydrogen-bond acceptors (Lipinski definition) is 6. The third-order valence-electron chi connectivity index (χ3n) is 5.34.